The summed E-state index contributed by atoms with van der Waals surface area (Å²) in [5.41, 5.74) is 2.79. The molecule has 0 aliphatic heterocycles. The van der Waals surface area contributed by atoms with E-state index in [2.05, 4.69) is 29.3 Å². The van der Waals surface area contributed by atoms with Crippen molar-refractivity contribution >= 4 is 23.2 Å². The van der Waals surface area contributed by atoms with Gasteiger partial charge in [-0.2, -0.15) is 0 Å². The standard InChI is InChI=1S/C19H23ClN2O/c1-3-22(16-8-5-4-6-9-16)13-7-12-21-19(23)17-11-10-15(2)14-18(17)20/h4-6,8-11,14H,3,7,12-13H2,1-2H3,(H,21,23). The van der Waals surface area contributed by atoms with Crippen LogP contribution in [0.4, 0.5) is 5.69 Å². The summed E-state index contributed by atoms with van der Waals surface area (Å²) in [5, 5.41) is 3.44. The highest BCUT2D eigenvalue weighted by Gasteiger charge is 2.10. The van der Waals surface area contributed by atoms with E-state index in [0.717, 1.165) is 25.1 Å². The first-order valence-corrected chi connectivity index (χ1v) is 8.34. The van der Waals surface area contributed by atoms with Crippen molar-refractivity contribution in [3.63, 3.8) is 0 Å². The quantitative estimate of drug-likeness (QED) is 0.768. The van der Waals surface area contributed by atoms with Crippen molar-refractivity contribution in [2.24, 2.45) is 0 Å². The Labute approximate surface area is 143 Å². The Morgan fingerprint density at radius 2 is 1.91 bits per heavy atom. The summed E-state index contributed by atoms with van der Waals surface area (Å²) in [6, 6.07) is 15.8. The molecule has 1 N–H and O–H groups in total. The molecule has 0 saturated heterocycles. The van der Waals surface area contributed by atoms with Crippen molar-refractivity contribution in [3.05, 3.63) is 64.7 Å². The van der Waals surface area contributed by atoms with E-state index in [-0.39, 0.29) is 5.91 Å². The highest BCUT2D eigenvalue weighted by molar-refractivity contribution is 6.33. The lowest BCUT2D eigenvalue weighted by atomic mass is 10.1. The van der Waals surface area contributed by atoms with Gasteiger partial charge < -0.3 is 10.2 Å². The summed E-state index contributed by atoms with van der Waals surface area (Å²) >= 11 is 6.12. The van der Waals surface area contributed by atoms with E-state index in [1.54, 1.807) is 6.07 Å². The number of halogens is 1. The number of rotatable bonds is 7. The Kier molecular flexibility index (Phi) is 6.48. The highest BCUT2D eigenvalue weighted by Crippen LogP contribution is 2.17. The predicted molar refractivity (Wildman–Crippen MR) is 97.5 cm³/mol. The first-order chi connectivity index (χ1) is 11.1. The van der Waals surface area contributed by atoms with Gasteiger partial charge in [-0.05, 0) is 50.1 Å². The maximum atomic E-state index is 12.2. The molecule has 0 atom stereocenters. The lowest BCUT2D eigenvalue weighted by Crippen LogP contribution is -2.30. The number of nitrogens with one attached hydrogen (secondary N) is 1. The van der Waals surface area contributed by atoms with E-state index in [0.29, 0.717) is 17.1 Å². The van der Waals surface area contributed by atoms with Crippen molar-refractivity contribution in [3.8, 4) is 0 Å². The van der Waals surface area contributed by atoms with Crippen molar-refractivity contribution in [1.29, 1.82) is 0 Å². The van der Waals surface area contributed by atoms with Crippen LogP contribution >= 0.6 is 11.6 Å². The SMILES string of the molecule is CCN(CCCNC(=O)c1ccc(C)cc1Cl)c1ccccc1. The van der Waals surface area contributed by atoms with Crippen LogP contribution in [0.25, 0.3) is 0 Å². The van der Waals surface area contributed by atoms with Crippen molar-refractivity contribution < 1.29 is 4.79 Å². The molecule has 0 aromatic heterocycles. The van der Waals surface area contributed by atoms with E-state index >= 15 is 0 Å². The fourth-order valence-corrected chi connectivity index (χ4v) is 2.80. The number of benzene rings is 2. The molecule has 0 fully saturated rings. The smallest absolute Gasteiger partial charge is 0.252 e. The minimum absolute atomic E-state index is 0.113. The third kappa shape index (κ3) is 5.00. The zero-order chi connectivity index (χ0) is 16.7. The summed E-state index contributed by atoms with van der Waals surface area (Å²) in [6.45, 7) is 6.57. The zero-order valence-corrected chi connectivity index (χ0v) is 14.4. The Balaban J connectivity index is 1.81. The number of carbonyl (C=O) groups excluding carboxylic acids is 1. The maximum Gasteiger partial charge on any atom is 0.252 e. The third-order valence-electron chi connectivity index (χ3n) is 3.76. The van der Waals surface area contributed by atoms with Gasteiger partial charge >= 0.3 is 0 Å². The van der Waals surface area contributed by atoms with Crippen LogP contribution in [0.5, 0.6) is 0 Å². The van der Waals surface area contributed by atoms with Gasteiger partial charge in [0.1, 0.15) is 0 Å². The number of nitrogens with zero attached hydrogens (tertiary/aromatic N) is 1. The van der Waals surface area contributed by atoms with Crippen LogP contribution in [0, 0.1) is 6.92 Å². The van der Waals surface area contributed by atoms with Crippen LogP contribution in [-0.4, -0.2) is 25.5 Å². The molecule has 3 nitrogen and oxygen atoms in total. The van der Waals surface area contributed by atoms with Crippen LogP contribution < -0.4 is 10.2 Å². The van der Waals surface area contributed by atoms with Gasteiger partial charge in [-0.1, -0.05) is 35.9 Å². The molecule has 0 aliphatic rings. The molecular weight excluding hydrogens is 308 g/mol. The van der Waals surface area contributed by atoms with Crippen molar-refractivity contribution in [1.82, 2.24) is 5.32 Å². The predicted octanol–water partition coefficient (Wildman–Crippen LogP) is 4.29. The Hall–Kier alpha value is -2.00. The van der Waals surface area contributed by atoms with E-state index in [1.165, 1.54) is 5.69 Å². The minimum atomic E-state index is -0.113. The van der Waals surface area contributed by atoms with E-state index in [9.17, 15) is 4.79 Å². The lowest BCUT2D eigenvalue weighted by Gasteiger charge is -2.23. The molecule has 23 heavy (non-hydrogen) atoms. The Morgan fingerprint density at radius 1 is 1.17 bits per heavy atom. The maximum absolute atomic E-state index is 12.2. The number of hydrogen-bond donors (Lipinski definition) is 1. The number of hydrogen-bond acceptors (Lipinski definition) is 2. The summed E-state index contributed by atoms with van der Waals surface area (Å²) < 4.78 is 0. The average Bonchev–Trinajstić information content (AvgIpc) is 2.55. The molecule has 0 saturated carbocycles. The molecule has 0 aliphatic carbocycles. The zero-order valence-electron chi connectivity index (χ0n) is 13.7. The van der Waals surface area contributed by atoms with Gasteiger partial charge in [0, 0.05) is 25.3 Å². The molecular formula is C19H23ClN2O. The van der Waals surface area contributed by atoms with Gasteiger partial charge in [-0.15, -0.1) is 0 Å². The van der Waals surface area contributed by atoms with E-state index < -0.39 is 0 Å². The van der Waals surface area contributed by atoms with Crippen molar-refractivity contribution in [2.45, 2.75) is 20.3 Å². The number of para-hydroxylation sites is 1. The normalized spacial score (nSPS) is 10.4. The monoisotopic (exact) mass is 330 g/mol. The average molecular weight is 331 g/mol. The first-order valence-electron chi connectivity index (χ1n) is 7.96. The van der Waals surface area contributed by atoms with Gasteiger partial charge in [0.2, 0.25) is 0 Å². The molecule has 0 unspecified atom stereocenters. The summed E-state index contributed by atoms with van der Waals surface area (Å²) in [7, 11) is 0. The third-order valence-corrected chi connectivity index (χ3v) is 4.08. The molecule has 4 heteroatoms. The molecule has 122 valence electrons. The first kappa shape index (κ1) is 17.4. The molecule has 1 amide bonds. The molecule has 0 bridgehead atoms. The molecule has 0 spiro atoms. The second-order valence-corrected chi connectivity index (χ2v) is 5.92. The second kappa shape index (κ2) is 8.59. The second-order valence-electron chi connectivity index (χ2n) is 5.51. The van der Waals surface area contributed by atoms with Crippen LogP contribution in [0.15, 0.2) is 48.5 Å². The Morgan fingerprint density at radius 3 is 2.57 bits per heavy atom. The Bertz CT molecular complexity index is 643. The van der Waals surface area contributed by atoms with Gasteiger partial charge in [0.25, 0.3) is 5.91 Å². The van der Waals surface area contributed by atoms with Crippen LogP contribution in [0.3, 0.4) is 0 Å². The largest absolute Gasteiger partial charge is 0.372 e. The highest BCUT2D eigenvalue weighted by atomic mass is 35.5. The molecule has 2 aromatic carbocycles. The fraction of sp³-hybridized carbons (Fsp3) is 0.316. The van der Waals surface area contributed by atoms with Crippen LogP contribution in [0.2, 0.25) is 5.02 Å². The summed E-state index contributed by atoms with van der Waals surface area (Å²) in [6.07, 6.45) is 0.887. The minimum Gasteiger partial charge on any atom is -0.372 e. The number of carbonyl (C=O) groups is 1. The van der Waals surface area contributed by atoms with Gasteiger partial charge in [0.15, 0.2) is 0 Å². The lowest BCUT2D eigenvalue weighted by molar-refractivity contribution is 0.0953. The van der Waals surface area contributed by atoms with Gasteiger partial charge in [-0.25, -0.2) is 0 Å². The molecule has 2 aromatic rings. The number of anilines is 1. The topological polar surface area (TPSA) is 32.3 Å². The number of amides is 1. The van der Waals surface area contributed by atoms with Crippen LogP contribution in [0.1, 0.15) is 29.3 Å². The van der Waals surface area contributed by atoms with E-state index in [4.69, 9.17) is 11.6 Å². The van der Waals surface area contributed by atoms with Crippen molar-refractivity contribution in [2.75, 3.05) is 24.5 Å². The fourth-order valence-electron chi connectivity index (χ4n) is 2.48. The molecule has 0 radical (unpaired) electrons. The number of aryl methyl sites for hydroxylation is 1. The van der Waals surface area contributed by atoms with Crippen LogP contribution in [-0.2, 0) is 0 Å². The molecule has 0 heterocycles. The van der Waals surface area contributed by atoms with E-state index in [1.807, 2.05) is 37.3 Å². The van der Waals surface area contributed by atoms with Gasteiger partial charge in [0.05, 0.1) is 10.6 Å². The summed E-state index contributed by atoms with van der Waals surface area (Å²) in [4.78, 5) is 14.4. The van der Waals surface area contributed by atoms with Gasteiger partial charge in [-0.3, -0.25) is 4.79 Å². The summed E-state index contributed by atoms with van der Waals surface area (Å²) in [5.74, 6) is -0.113. The molecule has 2 rings (SSSR count).